The van der Waals surface area contributed by atoms with Gasteiger partial charge in [0.1, 0.15) is 0 Å². The van der Waals surface area contributed by atoms with Crippen LogP contribution in [-0.2, 0) is 0 Å². The Kier molecular flexibility index (Phi) is 2.19. The molecule has 0 radical (unpaired) electrons. The summed E-state index contributed by atoms with van der Waals surface area (Å²) in [4.78, 5) is 12.7. The number of carbonyl (C=O) groups is 1. The van der Waals surface area contributed by atoms with Crippen molar-refractivity contribution in [3.8, 4) is 0 Å². The normalized spacial score (nSPS) is 10.0. The molecule has 0 aliphatic rings. The summed E-state index contributed by atoms with van der Waals surface area (Å²) >= 11 is 1.44. The molecular formula is C8H9N4OS+. The largest absolute Gasteiger partial charge is 0.376 e. The predicted molar refractivity (Wildman–Crippen MR) is 52.8 cm³/mol. The van der Waals surface area contributed by atoms with Crippen LogP contribution in [0.4, 0.5) is 9.80 Å². The first kappa shape index (κ1) is 8.76. The molecule has 0 saturated heterocycles. The van der Waals surface area contributed by atoms with Crippen LogP contribution in [0.2, 0.25) is 0 Å². The minimum atomic E-state index is -0.528. The van der Waals surface area contributed by atoms with E-state index in [0.29, 0.717) is 0 Å². The van der Waals surface area contributed by atoms with Crippen molar-refractivity contribution >= 4 is 22.4 Å². The number of nitrogens with zero attached hydrogens (tertiary/aromatic N) is 2. The quantitative estimate of drug-likeness (QED) is 0.703. The van der Waals surface area contributed by atoms with E-state index in [1.807, 2.05) is 17.5 Å². The van der Waals surface area contributed by atoms with Gasteiger partial charge in [0, 0.05) is 10.9 Å². The third-order valence-electron chi connectivity index (χ3n) is 1.67. The molecule has 0 aromatic carbocycles. The van der Waals surface area contributed by atoms with Crippen LogP contribution in [0.1, 0.15) is 0 Å². The SMILES string of the molecule is NC(=O)N(c1cccs1)[n+]1ccc[nH]1. The molecule has 3 N–H and O–H groups in total. The maximum absolute atomic E-state index is 11.2. The average Bonchev–Trinajstić information content (AvgIpc) is 2.75. The molecule has 2 aromatic rings. The molecule has 0 bridgehead atoms. The number of aromatic amines is 1. The number of aromatic nitrogens is 2. The van der Waals surface area contributed by atoms with E-state index >= 15 is 0 Å². The van der Waals surface area contributed by atoms with Gasteiger partial charge in [0.05, 0.1) is 6.20 Å². The molecule has 0 unspecified atom stereocenters. The van der Waals surface area contributed by atoms with E-state index in [-0.39, 0.29) is 0 Å². The number of carbonyl (C=O) groups excluding carboxylic acids is 1. The smallest absolute Gasteiger partial charge is 0.347 e. The first-order valence-corrected chi connectivity index (χ1v) is 4.85. The fraction of sp³-hybridized carbons (Fsp3) is 0. The summed E-state index contributed by atoms with van der Waals surface area (Å²) < 4.78 is 0. The van der Waals surface area contributed by atoms with E-state index < -0.39 is 6.03 Å². The van der Waals surface area contributed by atoms with E-state index in [1.54, 1.807) is 18.5 Å². The molecule has 2 heterocycles. The van der Waals surface area contributed by atoms with Gasteiger partial charge in [-0.15, -0.1) is 16.4 Å². The lowest BCUT2D eigenvalue weighted by molar-refractivity contribution is -0.728. The first-order valence-electron chi connectivity index (χ1n) is 3.97. The average molecular weight is 209 g/mol. The minimum Gasteiger partial charge on any atom is -0.347 e. The highest BCUT2D eigenvalue weighted by Crippen LogP contribution is 2.18. The number of urea groups is 1. The van der Waals surface area contributed by atoms with Crippen LogP contribution >= 0.6 is 11.3 Å². The highest BCUT2D eigenvalue weighted by atomic mass is 32.1. The number of hydrogen-bond donors (Lipinski definition) is 2. The molecule has 2 rings (SSSR count). The van der Waals surface area contributed by atoms with Gasteiger partial charge in [-0.05, 0) is 22.5 Å². The Bertz CT molecular complexity index is 374. The zero-order valence-electron chi connectivity index (χ0n) is 7.25. The van der Waals surface area contributed by atoms with Gasteiger partial charge >= 0.3 is 6.03 Å². The van der Waals surface area contributed by atoms with Gasteiger partial charge in [0.15, 0.2) is 5.00 Å². The van der Waals surface area contributed by atoms with Crippen LogP contribution in [0, 0.1) is 0 Å². The van der Waals surface area contributed by atoms with Crippen LogP contribution in [0.25, 0.3) is 0 Å². The number of nitrogens with one attached hydrogen (secondary N) is 1. The number of rotatable bonds is 2. The zero-order valence-corrected chi connectivity index (χ0v) is 8.07. The minimum absolute atomic E-state index is 0.528. The summed E-state index contributed by atoms with van der Waals surface area (Å²) in [6.45, 7) is 0. The Balaban J connectivity index is 2.40. The number of primary amides is 1. The van der Waals surface area contributed by atoms with Gasteiger partial charge in [-0.25, -0.2) is 4.79 Å². The van der Waals surface area contributed by atoms with Gasteiger partial charge in [0.2, 0.25) is 6.20 Å². The molecule has 0 aliphatic heterocycles. The number of anilines is 1. The van der Waals surface area contributed by atoms with Gasteiger partial charge < -0.3 is 5.73 Å². The van der Waals surface area contributed by atoms with Crippen molar-refractivity contribution in [3.63, 3.8) is 0 Å². The summed E-state index contributed by atoms with van der Waals surface area (Å²) in [6, 6.07) is 4.94. The lowest BCUT2D eigenvalue weighted by atomic mass is 10.6. The maximum Gasteiger partial charge on any atom is 0.376 e. The third-order valence-corrected chi connectivity index (χ3v) is 2.51. The van der Waals surface area contributed by atoms with Crippen LogP contribution in [0.15, 0.2) is 36.0 Å². The highest BCUT2D eigenvalue weighted by molar-refractivity contribution is 7.14. The number of nitrogens with two attached hydrogens (primary N) is 1. The Hall–Kier alpha value is -1.82. The Morgan fingerprint density at radius 3 is 2.93 bits per heavy atom. The molecule has 14 heavy (non-hydrogen) atoms. The highest BCUT2D eigenvalue weighted by Gasteiger charge is 2.23. The van der Waals surface area contributed by atoms with Crippen LogP contribution < -0.4 is 15.5 Å². The molecule has 2 aromatic heterocycles. The maximum atomic E-state index is 11.2. The summed E-state index contributed by atoms with van der Waals surface area (Å²) in [5, 5.41) is 6.86. The van der Waals surface area contributed by atoms with Crippen molar-refractivity contribution in [2.24, 2.45) is 5.73 Å². The van der Waals surface area contributed by atoms with Gasteiger partial charge in [-0.1, -0.05) is 0 Å². The summed E-state index contributed by atoms with van der Waals surface area (Å²) in [7, 11) is 0. The molecule has 0 saturated carbocycles. The van der Waals surface area contributed by atoms with Gasteiger partial charge in [-0.2, -0.15) is 0 Å². The van der Waals surface area contributed by atoms with Crippen molar-refractivity contribution in [2.75, 3.05) is 5.01 Å². The molecule has 0 atom stereocenters. The summed E-state index contributed by atoms with van der Waals surface area (Å²) in [5.41, 5.74) is 5.27. The van der Waals surface area contributed by atoms with Crippen molar-refractivity contribution in [2.45, 2.75) is 0 Å². The molecule has 2 amide bonds. The zero-order chi connectivity index (χ0) is 9.97. The van der Waals surface area contributed by atoms with Crippen LogP contribution in [0.5, 0.6) is 0 Å². The van der Waals surface area contributed by atoms with Crippen LogP contribution in [0.3, 0.4) is 0 Å². The lowest BCUT2D eigenvalue weighted by Gasteiger charge is -2.06. The van der Waals surface area contributed by atoms with Crippen LogP contribution in [-0.4, -0.2) is 11.1 Å². The summed E-state index contributed by atoms with van der Waals surface area (Å²) in [5.74, 6) is 0. The van der Waals surface area contributed by atoms with E-state index in [9.17, 15) is 4.79 Å². The standard InChI is InChI=1S/C8H8N4OS/c9-8(13)12(7-3-1-6-14-7)11-5-2-4-10-11/h1-6H,(H2,9,13)/p+1. The third kappa shape index (κ3) is 1.47. The van der Waals surface area contributed by atoms with E-state index in [2.05, 4.69) is 5.10 Å². The lowest BCUT2D eigenvalue weighted by Crippen LogP contribution is -2.60. The number of thiophene rings is 1. The van der Waals surface area contributed by atoms with E-state index in [1.165, 1.54) is 21.1 Å². The molecule has 72 valence electrons. The Labute approximate surface area is 84.3 Å². The molecule has 5 nitrogen and oxygen atoms in total. The number of amides is 2. The predicted octanol–water partition coefficient (Wildman–Crippen LogP) is 0.712. The number of H-pyrrole nitrogens is 1. The van der Waals surface area contributed by atoms with Crippen molar-refractivity contribution < 1.29 is 9.59 Å². The summed E-state index contributed by atoms with van der Waals surface area (Å²) in [6.07, 6.45) is 3.42. The Morgan fingerprint density at radius 2 is 2.43 bits per heavy atom. The molecule has 0 aliphatic carbocycles. The molecule has 0 spiro atoms. The second-order valence-corrected chi connectivity index (χ2v) is 3.51. The Morgan fingerprint density at radius 1 is 1.57 bits per heavy atom. The first-order chi connectivity index (χ1) is 6.79. The fourth-order valence-electron chi connectivity index (χ4n) is 1.12. The molecule has 6 heteroatoms. The molecular weight excluding hydrogens is 200 g/mol. The van der Waals surface area contributed by atoms with E-state index in [4.69, 9.17) is 5.73 Å². The van der Waals surface area contributed by atoms with Crippen molar-refractivity contribution in [1.82, 2.24) is 5.10 Å². The second kappa shape index (κ2) is 3.51. The van der Waals surface area contributed by atoms with Gasteiger partial charge in [-0.3, -0.25) is 0 Å². The fourth-order valence-corrected chi connectivity index (χ4v) is 1.85. The number of hydrogen-bond acceptors (Lipinski definition) is 2. The second-order valence-electron chi connectivity index (χ2n) is 2.58. The molecule has 0 fully saturated rings. The topological polar surface area (TPSA) is 66.0 Å². The van der Waals surface area contributed by atoms with E-state index in [0.717, 1.165) is 5.00 Å². The van der Waals surface area contributed by atoms with Crippen molar-refractivity contribution in [1.29, 1.82) is 0 Å². The van der Waals surface area contributed by atoms with Crippen molar-refractivity contribution in [3.05, 3.63) is 36.0 Å². The monoisotopic (exact) mass is 209 g/mol. The van der Waals surface area contributed by atoms with Gasteiger partial charge in [0.25, 0.3) is 0 Å².